The second-order valence-corrected chi connectivity index (χ2v) is 6.73. The molecule has 0 bridgehead atoms. The van der Waals surface area contributed by atoms with Gasteiger partial charge in [-0.15, -0.1) is 0 Å². The van der Waals surface area contributed by atoms with Crippen molar-refractivity contribution < 1.29 is 34.8 Å². The third-order valence-corrected chi connectivity index (χ3v) is 4.50. The number of aliphatic hydroxyl groups is 3. The molecule has 172 valence electrons. The van der Waals surface area contributed by atoms with Gasteiger partial charge < -0.3 is 36.2 Å². The first-order valence-electron chi connectivity index (χ1n) is 9.27. The molecule has 1 fully saturated rings. The molecule has 1 amide bonds. The van der Waals surface area contributed by atoms with E-state index in [0.717, 1.165) is 6.92 Å². The number of rotatable bonds is 4. The van der Waals surface area contributed by atoms with Gasteiger partial charge in [0.1, 0.15) is 23.8 Å². The Bertz CT molecular complexity index is 1130. The highest BCUT2D eigenvalue weighted by Gasteiger charge is 2.44. The van der Waals surface area contributed by atoms with Crippen molar-refractivity contribution in [2.75, 3.05) is 19.4 Å². The quantitative estimate of drug-likeness (QED) is 0.246. The Labute approximate surface area is 180 Å². The van der Waals surface area contributed by atoms with E-state index in [1.807, 2.05) is 0 Å². The summed E-state index contributed by atoms with van der Waals surface area (Å²) in [6.45, 7) is 0.624. The number of amides is 1. The molecule has 15 nitrogen and oxygen atoms in total. The highest BCUT2D eigenvalue weighted by molar-refractivity contribution is 5.93. The second kappa shape index (κ2) is 9.23. The number of carboxylic acid groups (broad SMARTS) is 1. The van der Waals surface area contributed by atoms with E-state index in [4.69, 9.17) is 20.4 Å². The van der Waals surface area contributed by atoms with E-state index in [9.17, 15) is 20.1 Å². The van der Waals surface area contributed by atoms with Crippen molar-refractivity contribution in [3.63, 3.8) is 0 Å². The van der Waals surface area contributed by atoms with Gasteiger partial charge in [-0.25, -0.2) is 9.67 Å². The van der Waals surface area contributed by atoms with Crippen molar-refractivity contribution in [3.05, 3.63) is 24.3 Å². The van der Waals surface area contributed by atoms with Gasteiger partial charge in [0.2, 0.25) is 0 Å². The Hall–Kier alpha value is -3.66. The lowest BCUT2D eigenvalue weighted by molar-refractivity contribution is -0.134. The molecule has 4 atom stereocenters. The minimum Gasteiger partial charge on any atom is -0.481 e. The number of ether oxygens (including phenoxy) is 1. The topological polar surface area (TPSA) is 224 Å². The number of carboxylic acids is 1. The summed E-state index contributed by atoms with van der Waals surface area (Å²) in [5, 5.41) is 43.5. The summed E-state index contributed by atoms with van der Waals surface area (Å²) in [6, 6.07) is 0. The molecule has 4 rings (SSSR count). The predicted octanol–water partition coefficient (Wildman–Crippen LogP) is -2.34. The lowest BCUT2D eigenvalue weighted by atomic mass is 10.1. The number of aromatic nitrogens is 6. The third kappa shape index (κ3) is 4.35. The Balaban J connectivity index is 0.000000668. The number of nitrogens with one attached hydrogen (secondary N) is 1. The predicted molar refractivity (Wildman–Crippen MR) is 107 cm³/mol. The molecule has 7 N–H and O–H groups in total. The highest BCUT2D eigenvalue weighted by atomic mass is 16.6. The van der Waals surface area contributed by atoms with Gasteiger partial charge >= 0.3 is 0 Å². The number of aliphatic carboxylic acids is 1. The number of carbonyl (C=O) groups is 2. The van der Waals surface area contributed by atoms with Crippen molar-refractivity contribution in [2.24, 2.45) is 0 Å². The molecule has 1 aliphatic heterocycles. The van der Waals surface area contributed by atoms with Crippen LogP contribution in [0.25, 0.3) is 17.1 Å². The summed E-state index contributed by atoms with van der Waals surface area (Å²) < 4.78 is 8.18. The Morgan fingerprint density at radius 2 is 1.97 bits per heavy atom. The fourth-order valence-corrected chi connectivity index (χ4v) is 3.02. The molecule has 0 unspecified atom stereocenters. The van der Waals surface area contributed by atoms with Crippen LogP contribution in [0, 0.1) is 0 Å². The van der Waals surface area contributed by atoms with Crippen molar-refractivity contribution >= 4 is 28.9 Å². The number of nitrogen functional groups attached to an aromatic ring is 1. The smallest absolute Gasteiger partial charge is 0.300 e. The fraction of sp³-hybridized carbons (Fsp3) is 0.412. The second-order valence-electron chi connectivity index (χ2n) is 6.73. The van der Waals surface area contributed by atoms with Crippen molar-refractivity contribution in [3.8, 4) is 5.95 Å². The van der Waals surface area contributed by atoms with E-state index in [1.165, 1.54) is 35.0 Å². The van der Waals surface area contributed by atoms with Gasteiger partial charge in [-0.3, -0.25) is 14.2 Å². The maximum atomic E-state index is 11.7. The standard InChI is InChI=1S/C15H18N8O5.C2H4O2/c1-17-13(27)6-2-19-23(3-6)15-20-11(16)8-12(21-15)22(5-18-8)14-10(26)9(25)7(4-24)28-14;1-2(3)4/h2-3,5,7,9-10,14,24-26H,4H2,1H3,(H,17,27)(H2,16,20,21);1H3,(H,3,4)/t7-,9-,10-,14-;/m1./s1. The van der Waals surface area contributed by atoms with E-state index >= 15 is 0 Å². The SMILES string of the molecule is CC(=O)O.CNC(=O)c1cnn(-c2nc(N)c3ncn([C@@H]4O[C@H](CO)[C@@H](O)[C@H]4O)c3n2)c1. The number of nitrogens with two attached hydrogens (primary N) is 1. The van der Waals surface area contributed by atoms with E-state index in [2.05, 4.69) is 25.4 Å². The van der Waals surface area contributed by atoms with Gasteiger partial charge in [-0.2, -0.15) is 15.1 Å². The molecular formula is C17H22N8O7. The lowest BCUT2D eigenvalue weighted by Gasteiger charge is -2.16. The van der Waals surface area contributed by atoms with Crippen molar-refractivity contribution in [2.45, 2.75) is 31.5 Å². The molecular weight excluding hydrogens is 428 g/mol. The van der Waals surface area contributed by atoms with Gasteiger partial charge in [-0.1, -0.05) is 0 Å². The van der Waals surface area contributed by atoms with Crippen LogP contribution in [0.5, 0.6) is 0 Å². The van der Waals surface area contributed by atoms with Crippen LogP contribution in [0.1, 0.15) is 23.5 Å². The summed E-state index contributed by atoms with van der Waals surface area (Å²) in [7, 11) is 1.50. The van der Waals surface area contributed by atoms with Crippen molar-refractivity contribution in [1.82, 2.24) is 34.6 Å². The van der Waals surface area contributed by atoms with Crippen molar-refractivity contribution in [1.29, 1.82) is 0 Å². The largest absolute Gasteiger partial charge is 0.481 e. The Morgan fingerprint density at radius 1 is 1.28 bits per heavy atom. The molecule has 3 aromatic rings. The molecule has 3 aromatic heterocycles. The molecule has 32 heavy (non-hydrogen) atoms. The monoisotopic (exact) mass is 450 g/mol. The molecule has 4 heterocycles. The maximum absolute atomic E-state index is 11.7. The average Bonchev–Trinajstić information content (AvgIpc) is 3.46. The molecule has 1 saturated heterocycles. The Morgan fingerprint density at radius 3 is 2.56 bits per heavy atom. The zero-order valence-electron chi connectivity index (χ0n) is 17.0. The average molecular weight is 450 g/mol. The number of carbonyl (C=O) groups excluding carboxylic acids is 1. The molecule has 15 heteroatoms. The molecule has 0 radical (unpaired) electrons. The minimum absolute atomic E-state index is 0.0579. The number of fused-ring (bicyclic) bond motifs is 1. The van der Waals surface area contributed by atoms with Gasteiger partial charge in [0.25, 0.3) is 17.8 Å². The number of nitrogens with zero attached hydrogens (tertiary/aromatic N) is 6. The van der Waals surface area contributed by atoms with Crippen LogP contribution >= 0.6 is 0 Å². The minimum atomic E-state index is -1.31. The summed E-state index contributed by atoms with van der Waals surface area (Å²) in [4.78, 5) is 33.4. The first-order valence-corrected chi connectivity index (χ1v) is 9.27. The molecule has 1 aliphatic rings. The summed E-state index contributed by atoms with van der Waals surface area (Å²) in [5.41, 5.74) is 6.78. The number of hydrogen-bond acceptors (Lipinski definition) is 11. The highest BCUT2D eigenvalue weighted by Crippen LogP contribution is 2.32. The number of anilines is 1. The third-order valence-electron chi connectivity index (χ3n) is 4.50. The molecule has 0 aromatic carbocycles. The maximum Gasteiger partial charge on any atom is 0.300 e. The number of hydrogen-bond donors (Lipinski definition) is 6. The van der Waals surface area contributed by atoms with Crippen LogP contribution in [-0.2, 0) is 9.53 Å². The van der Waals surface area contributed by atoms with Gasteiger partial charge in [-0.05, 0) is 0 Å². The van der Waals surface area contributed by atoms with Crippen LogP contribution < -0.4 is 11.1 Å². The zero-order chi connectivity index (χ0) is 23.6. The Kier molecular flexibility index (Phi) is 6.64. The summed E-state index contributed by atoms with van der Waals surface area (Å²) >= 11 is 0. The van der Waals surface area contributed by atoms with Crippen LogP contribution in [-0.4, -0.2) is 93.6 Å². The summed E-state index contributed by atoms with van der Waals surface area (Å²) in [6.07, 6.45) is -0.418. The van der Waals surface area contributed by atoms with Crippen LogP contribution in [0.3, 0.4) is 0 Å². The normalized spacial score (nSPS) is 22.4. The van der Waals surface area contributed by atoms with E-state index in [1.54, 1.807) is 0 Å². The first kappa shape index (κ1) is 23.0. The van der Waals surface area contributed by atoms with Gasteiger partial charge in [0.15, 0.2) is 17.7 Å². The molecule has 0 spiro atoms. The first-order chi connectivity index (χ1) is 15.2. The summed E-state index contributed by atoms with van der Waals surface area (Å²) in [5.74, 6) is -1.02. The molecule has 0 aliphatic carbocycles. The van der Waals surface area contributed by atoms with Gasteiger partial charge in [0, 0.05) is 20.2 Å². The van der Waals surface area contributed by atoms with Crippen LogP contribution in [0.2, 0.25) is 0 Å². The van der Waals surface area contributed by atoms with E-state index in [-0.39, 0.29) is 28.8 Å². The molecule has 0 saturated carbocycles. The van der Waals surface area contributed by atoms with Crippen LogP contribution in [0.15, 0.2) is 18.7 Å². The van der Waals surface area contributed by atoms with E-state index in [0.29, 0.717) is 5.56 Å². The zero-order valence-corrected chi connectivity index (χ0v) is 17.0. The van der Waals surface area contributed by atoms with Gasteiger partial charge in [0.05, 0.1) is 24.7 Å². The van der Waals surface area contributed by atoms with Crippen LogP contribution in [0.4, 0.5) is 5.82 Å². The fourth-order valence-electron chi connectivity index (χ4n) is 3.02. The number of aliphatic hydroxyl groups excluding tert-OH is 3. The van der Waals surface area contributed by atoms with E-state index < -0.39 is 37.1 Å². The lowest BCUT2D eigenvalue weighted by Crippen LogP contribution is -2.33. The number of imidazole rings is 1.